The summed E-state index contributed by atoms with van der Waals surface area (Å²) in [5.41, 5.74) is 2.11. The van der Waals surface area contributed by atoms with E-state index in [1.165, 1.54) is 5.01 Å². The van der Waals surface area contributed by atoms with Gasteiger partial charge in [0.2, 0.25) is 0 Å². The normalized spacial score (nSPS) is 16.4. The Morgan fingerprint density at radius 3 is 2.75 bits per heavy atom. The molecule has 4 heteroatoms. The van der Waals surface area contributed by atoms with Crippen molar-refractivity contribution in [2.45, 2.75) is 25.8 Å². The van der Waals surface area contributed by atoms with E-state index < -0.39 is 0 Å². The van der Waals surface area contributed by atoms with Gasteiger partial charge in [-0.05, 0) is 26.0 Å². The topological polar surface area (TPSA) is 25.4 Å². The summed E-state index contributed by atoms with van der Waals surface area (Å²) in [6.07, 6.45) is 0. The Balaban J connectivity index is 1.78. The lowest BCUT2D eigenvalue weighted by Gasteiger charge is -2.41. The molecule has 0 saturated carbocycles. The van der Waals surface area contributed by atoms with Crippen molar-refractivity contribution in [3.8, 4) is 17.0 Å². The number of rotatable bonds is 4. The monoisotopic (exact) mass is 288 g/mol. The molecule has 1 fully saturated rings. The fourth-order valence-corrected chi connectivity index (χ4v) is 3.45. The van der Waals surface area contributed by atoms with Crippen LogP contribution in [0.5, 0.6) is 5.75 Å². The van der Waals surface area contributed by atoms with Crippen LogP contribution in [0.3, 0.4) is 0 Å². The standard InChI is InChI=1S/C16H20N2OS/c1-11(2)18-8-12(9-18)16-17-14(10-20-16)13-6-4-5-7-15(13)19-3/h4-7,10-12H,8-9H2,1-3H3. The molecule has 2 aromatic rings. The van der Waals surface area contributed by atoms with Gasteiger partial charge in [0.05, 0.1) is 17.8 Å². The fourth-order valence-electron chi connectivity index (χ4n) is 2.55. The summed E-state index contributed by atoms with van der Waals surface area (Å²) in [5.74, 6) is 1.49. The van der Waals surface area contributed by atoms with Crippen LogP contribution in [0.4, 0.5) is 0 Å². The van der Waals surface area contributed by atoms with E-state index in [-0.39, 0.29) is 0 Å². The lowest BCUT2D eigenvalue weighted by molar-refractivity contribution is 0.110. The first kappa shape index (κ1) is 13.6. The third-order valence-corrected chi connectivity index (χ3v) is 4.90. The maximum atomic E-state index is 5.41. The van der Waals surface area contributed by atoms with Crippen molar-refractivity contribution in [3.63, 3.8) is 0 Å². The van der Waals surface area contributed by atoms with Gasteiger partial charge in [0.15, 0.2) is 0 Å². The molecule has 20 heavy (non-hydrogen) atoms. The molecule has 3 nitrogen and oxygen atoms in total. The molecule has 2 heterocycles. The Bertz CT molecular complexity index is 588. The molecule has 0 amide bonds. The second-order valence-electron chi connectivity index (χ2n) is 5.52. The summed E-state index contributed by atoms with van der Waals surface area (Å²) in [6.45, 7) is 6.77. The third-order valence-electron chi connectivity index (χ3n) is 3.89. The van der Waals surface area contributed by atoms with Gasteiger partial charge in [0, 0.05) is 36.0 Å². The summed E-state index contributed by atoms with van der Waals surface area (Å²) >= 11 is 1.77. The molecule has 1 aromatic heterocycles. The lowest BCUT2D eigenvalue weighted by Crippen LogP contribution is -2.48. The molecule has 0 bridgehead atoms. The number of hydrogen-bond acceptors (Lipinski definition) is 4. The summed E-state index contributed by atoms with van der Waals surface area (Å²) < 4.78 is 5.41. The van der Waals surface area contributed by atoms with Crippen molar-refractivity contribution in [1.29, 1.82) is 0 Å². The van der Waals surface area contributed by atoms with Gasteiger partial charge in [-0.2, -0.15) is 0 Å². The molecule has 1 aromatic carbocycles. The molecule has 0 spiro atoms. The molecule has 0 atom stereocenters. The SMILES string of the molecule is COc1ccccc1-c1csc(C2CN(C(C)C)C2)n1. The summed E-state index contributed by atoms with van der Waals surface area (Å²) in [4.78, 5) is 7.30. The number of aromatic nitrogens is 1. The number of nitrogens with zero attached hydrogens (tertiary/aromatic N) is 2. The van der Waals surface area contributed by atoms with Gasteiger partial charge < -0.3 is 4.74 Å². The van der Waals surface area contributed by atoms with Crippen molar-refractivity contribution in [2.24, 2.45) is 0 Å². The van der Waals surface area contributed by atoms with Crippen LogP contribution in [0.2, 0.25) is 0 Å². The summed E-state index contributed by atoms with van der Waals surface area (Å²) in [5, 5.41) is 3.40. The van der Waals surface area contributed by atoms with Gasteiger partial charge in [-0.25, -0.2) is 4.98 Å². The second kappa shape index (κ2) is 5.54. The second-order valence-corrected chi connectivity index (χ2v) is 6.41. The van der Waals surface area contributed by atoms with Crippen LogP contribution in [-0.2, 0) is 0 Å². The van der Waals surface area contributed by atoms with Crippen LogP contribution in [0.1, 0.15) is 24.8 Å². The predicted molar refractivity (Wildman–Crippen MR) is 83.6 cm³/mol. The predicted octanol–water partition coefficient (Wildman–Crippen LogP) is 3.63. The van der Waals surface area contributed by atoms with Gasteiger partial charge in [0.25, 0.3) is 0 Å². The first-order valence-electron chi connectivity index (χ1n) is 7.02. The largest absolute Gasteiger partial charge is 0.496 e. The van der Waals surface area contributed by atoms with E-state index in [9.17, 15) is 0 Å². The van der Waals surface area contributed by atoms with Crippen LogP contribution in [0, 0.1) is 0 Å². The zero-order chi connectivity index (χ0) is 14.1. The Morgan fingerprint density at radius 1 is 1.30 bits per heavy atom. The highest BCUT2D eigenvalue weighted by Crippen LogP contribution is 2.35. The van der Waals surface area contributed by atoms with Crippen LogP contribution in [0.15, 0.2) is 29.6 Å². The minimum absolute atomic E-state index is 0.603. The molecule has 106 valence electrons. The highest BCUT2D eigenvalue weighted by molar-refractivity contribution is 7.10. The number of thiazole rings is 1. The number of benzene rings is 1. The first-order valence-corrected chi connectivity index (χ1v) is 7.90. The maximum absolute atomic E-state index is 5.41. The average molecular weight is 288 g/mol. The Morgan fingerprint density at radius 2 is 2.05 bits per heavy atom. The maximum Gasteiger partial charge on any atom is 0.128 e. The van der Waals surface area contributed by atoms with Crippen molar-refractivity contribution >= 4 is 11.3 Å². The van der Waals surface area contributed by atoms with Gasteiger partial charge in [-0.3, -0.25) is 4.90 Å². The minimum atomic E-state index is 0.603. The Labute approximate surface area is 124 Å². The zero-order valence-electron chi connectivity index (χ0n) is 12.2. The summed E-state index contributed by atoms with van der Waals surface area (Å²) in [6, 6.07) is 8.71. The average Bonchev–Trinajstić information content (AvgIpc) is 2.85. The van der Waals surface area contributed by atoms with Crippen LogP contribution >= 0.6 is 11.3 Å². The molecular weight excluding hydrogens is 268 g/mol. The van der Waals surface area contributed by atoms with Gasteiger partial charge in [-0.1, -0.05) is 12.1 Å². The van der Waals surface area contributed by atoms with Gasteiger partial charge in [-0.15, -0.1) is 11.3 Å². The Hall–Kier alpha value is -1.39. The Kier molecular flexibility index (Phi) is 3.76. The quantitative estimate of drug-likeness (QED) is 0.859. The van der Waals surface area contributed by atoms with Gasteiger partial charge >= 0.3 is 0 Å². The third kappa shape index (κ3) is 2.45. The van der Waals surface area contributed by atoms with Crippen molar-refractivity contribution in [2.75, 3.05) is 20.2 Å². The minimum Gasteiger partial charge on any atom is -0.496 e. The van der Waals surface area contributed by atoms with Crippen molar-refractivity contribution in [1.82, 2.24) is 9.88 Å². The smallest absolute Gasteiger partial charge is 0.128 e. The molecule has 0 unspecified atom stereocenters. The molecule has 1 aliphatic heterocycles. The van der Waals surface area contributed by atoms with Crippen LogP contribution < -0.4 is 4.74 Å². The highest BCUT2D eigenvalue weighted by atomic mass is 32.1. The number of methoxy groups -OCH3 is 1. The fraction of sp³-hybridized carbons (Fsp3) is 0.438. The van der Waals surface area contributed by atoms with Crippen molar-refractivity contribution in [3.05, 3.63) is 34.7 Å². The first-order chi connectivity index (χ1) is 9.69. The van der Waals surface area contributed by atoms with E-state index in [0.717, 1.165) is 30.1 Å². The molecule has 0 N–H and O–H groups in total. The lowest BCUT2D eigenvalue weighted by atomic mass is 9.99. The molecule has 0 aliphatic carbocycles. The van der Waals surface area contributed by atoms with E-state index in [1.807, 2.05) is 18.2 Å². The number of hydrogen-bond donors (Lipinski definition) is 0. The molecule has 0 radical (unpaired) electrons. The van der Waals surface area contributed by atoms with Gasteiger partial charge in [0.1, 0.15) is 5.75 Å². The number of likely N-dealkylation sites (tertiary alicyclic amines) is 1. The molecule has 1 aliphatic rings. The van der Waals surface area contributed by atoms with E-state index in [0.29, 0.717) is 12.0 Å². The van der Waals surface area contributed by atoms with E-state index in [4.69, 9.17) is 9.72 Å². The number of para-hydroxylation sites is 1. The van der Waals surface area contributed by atoms with E-state index in [2.05, 4.69) is 30.2 Å². The molecule has 1 saturated heterocycles. The van der Waals surface area contributed by atoms with E-state index >= 15 is 0 Å². The number of ether oxygens (including phenoxy) is 1. The van der Waals surface area contributed by atoms with Crippen molar-refractivity contribution < 1.29 is 4.74 Å². The van der Waals surface area contributed by atoms with E-state index in [1.54, 1.807) is 18.4 Å². The summed E-state index contributed by atoms with van der Waals surface area (Å²) in [7, 11) is 1.71. The molecular formula is C16H20N2OS. The molecule has 3 rings (SSSR count). The highest BCUT2D eigenvalue weighted by Gasteiger charge is 2.31. The zero-order valence-corrected chi connectivity index (χ0v) is 13.0. The van der Waals surface area contributed by atoms with Crippen LogP contribution in [-0.4, -0.2) is 36.1 Å². The van der Waals surface area contributed by atoms with Crippen LogP contribution in [0.25, 0.3) is 11.3 Å².